The van der Waals surface area contributed by atoms with E-state index in [0.717, 1.165) is 30.4 Å². The van der Waals surface area contributed by atoms with E-state index < -0.39 is 0 Å². The number of halogens is 1. The maximum Gasteiger partial charge on any atom is 0.272 e. The van der Waals surface area contributed by atoms with Crippen LogP contribution in [0.15, 0.2) is 24.3 Å². The number of carbonyl (C=O) groups excluding carboxylic acids is 1. The number of hydrogen-bond donors (Lipinski definition) is 1. The van der Waals surface area contributed by atoms with Gasteiger partial charge in [-0.3, -0.25) is 4.79 Å². The van der Waals surface area contributed by atoms with Crippen LogP contribution in [0.4, 0.5) is 0 Å². The maximum atomic E-state index is 12.6. The van der Waals surface area contributed by atoms with Crippen LogP contribution in [0.5, 0.6) is 5.88 Å². The average Bonchev–Trinajstić information content (AvgIpc) is 3.25. The van der Waals surface area contributed by atoms with Crippen LogP contribution in [-0.2, 0) is 0 Å². The minimum absolute atomic E-state index is 0.129. The maximum absolute atomic E-state index is 12.6. The molecule has 1 aromatic carbocycles. The van der Waals surface area contributed by atoms with Crippen LogP contribution < -0.4 is 10.1 Å². The SMILES string of the molecule is CC1CCOc2c(-c3ccc(Cl)cc3)c(C(=O)NC3CC3)nn21. The molecule has 0 spiro atoms. The van der Waals surface area contributed by atoms with Gasteiger partial charge in [0.15, 0.2) is 5.69 Å². The Kier molecular flexibility index (Phi) is 3.53. The zero-order chi connectivity index (χ0) is 16.0. The van der Waals surface area contributed by atoms with Gasteiger partial charge in [0.1, 0.15) is 0 Å². The Hall–Kier alpha value is -2.01. The third-order valence-corrected chi connectivity index (χ3v) is 4.57. The van der Waals surface area contributed by atoms with Gasteiger partial charge in [0.25, 0.3) is 5.91 Å². The minimum atomic E-state index is -0.129. The Labute approximate surface area is 139 Å². The van der Waals surface area contributed by atoms with Crippen LogP contribution in [0.25, 0.3) is 11.1 Å². The van der Waals surface area contributed by atoms with Crippen molar-refractivity contribution in [2.45, 2.75) is 38.3 Å². The highest BCUT2D eigenvalue weighted by Crippen LogP contribution is 2.39. The Morgan fingerprint density at radius 1 is 1.30 bits per heavy atom. The summed E-state index contributed by atoms with van der Waals surface area (Å²) in [6.07, 6.45) is 2.98. The fraction of sp³-hybridized carbons (Fsp3) is 0.412. The number of aromatic nitrogens is 2. The number of ether oxygens (including phenoxy) is 1. The predicted molar refractivity (Wildman–Crippen MR) is 88.0 cm³/mol. The van der Waals surface area contributed by atoms with Gasteiger partial charge in [0.2, 0.25) is 5.88 Å². The molecule has 1 aliphatic carbocycles. The molecule has 5 nitrogen and oxygen atoms in total. The first-order valence-electron chi connectivity index (χ1n) is 7.95. The third-order valence-electron chi connectivity index (χ3n) is 4.32. The Morgan fingerprint density at radius 2 is 2.04 bits per heavy atom. The van der Waals surface area contributed by atoms with E-state index in [1.807, 2.05) is 28.9 Å². The number of rotatable bonds is 3. The van der Waals surface area contributed by atoms with Crippen LogP contribution in [0.2, 0.25) is 5.02 Å². The van der Waals surface area contributed by atoms with Crippen molar-refractivity contribution in [3.8, 4) is 17.0 Å². The molecular formula is C17H18ClN3O2. The molecule has 1 atom stereocenters. The Morgan fingerprint density at radius 3 is 2.74 bits per heavy atom. The average molecular weight is 332 g/mol. The molecule has 2 heterocycles. The second-order valence-corrected chi connectivity index (χ2v) is 6.65. The van der Waals surface area contributed by atoms with E-state index in [1.165, 1.54) is 0 Å². The molecule has 1 amide bonds. The summed E-state index contributed by atoms with van der Waals surface area (Å²) in [4.78, 5) is 12.6. The zero-order valence-corrected chi connectivity index (χ0v) is 13.6. The highest BCUT2D eigenvalue weighted by Gasteiger charge is 2.32. The molecule has 120 valence electrons. The second-order valence-electron chi connectivity index (χ2n) is 6.21. The molecule has 1 fully saturated rings. The van der Waals surface area contributed by atoms with Gasteiger partial charge >= 0.3 is 0 Å². The molecule has 2 aromatic rings. The van der Waals surface area contributed by atoms with Gasteiger partial charge in [0.05, 0.1) is 18.2 Å². The fourth-order valence-electron chi connectivity index (χ4n) is 2.82. The smallest absolute Gasteiger partial charge is 0.272 e. The summed E-state index contributed by atoms with van der Waals surface area (Å²) in [5.41, 5.74) is 2.08. The molecule has 2 aliphatic rings. The zero-order valence-electron chi connectivity index (χ0n) is 12.9. The highest BCUT2D eigenvalue weighted by molar-refractivity contribution is 6.30. The van der Waals surface area contributed by atoms with E-state index in [-0.39, 0.29) is 18.0 Å². The molecule has 1 saturated carbocycles. The number of benzene rings is 1. The molecule has 0 bridgehead atoms. The highest BCUT2D eigenvalue weighted by atomic mass is 35.5. The van der Waals surface area contributed by atoms with Gasteiger partial charge in [-0.25, -0.2) is 4.68 Å². The topological polar surface area (TPSA) is 56.1 Å². The number of amides is 1. The van der Waals surface area contributed by atoms with Crippen LogP contribution in [0.1, 0.15) is 42.7 Å². The number of fused-ring (bicyclic) bond motifs is 1. The summed E-state index contributed by atoms with van der Waals surface area (Å²) in [5, 5.41) is 8.24. The first kappa shape index (κ1) is 14.6. The van der Waals surface area contributed by atoms with E-state index in [1.54, 1.807) is 0 Å². The number of nitrogens with zero attached hydrogens (tertiary/aromatic N) is 2. The van der Waals surface area contributed by atoms with Crippen molar-refractivity contribution in [1.29, 1.82) is 0 Å². The lowest BCUT2D eigenvalue weighted by molar-refractivity contribution is 0.0945. The standard InChI is InChI=1S/C17H18ClN3O2/c1-10-8-9-23-17-14(11-2-4-12(18)5-3-11)15(20-21(10)17)16(22)19-13-6-7-13/h2-5,10,13H,6-9H2,1H3,(H,19,22). The van der Waals surface area contributed by atoms with Crippen molar-refractivity contribution in [3.05, 3.63) is 35.0 Å². The van der Waals surface area contributed by atoms with Crippen molar-refractivity contribution in [2.75, 3.05) is 6.61 Å². The van der Waals surface area contributed by atoms with Gasteiger partial charge in [-0.1, -0.05) is 23.7 Å². The largest absolute Gasteiger partial charge is 0.477 e. The van der Waals surface area contributed by atoms with E-state index in [4.69, 9.17) is 16.3 Å². The summed E-state index contributed by atoms with van der Waals surface area (Å²) in [7, 11) is 0. The molecule has 0 saturated heterocycles. The normalized spacial score (nSPS) is 19.8. The summed E-state index contributed by atoms with van der Waals surface area (Å²) in [6, 6.07) is 7.93. The van der Waals surface area contributed by atoms with Gasteiger partial charge in [0, 0.05) is 17.5 Å². The number of hydrogen-bond acceptors (Lipinski definition) is 3. The van der Waals surface area contributed by atoms with E-state index in [9.17, 15) is 4.79 Å². The summed E-state index contributed by atoms with van der Waals surface area (Å²) < 4.78 is 7.68. The minimum Gasteiger partial charge on any atom is -0.477 e. The lowest BCUT2D eigenvalue weighted by Crippen LogP contribution is -2.26. The molecule has 1 N–H and O–H groups in total. The van der Waals surface area contributed by atoms with Crippen LogP contribution in [0.3, 0.4) is 0 Å². The predicted octanol–water partition coefficient (Wildman–Crippen LogP) is 3.44. The van der Waals surface area contributed by atoms with Gasteiger partial charge in [-0.15, -0.1) is 0 Å². The van der Waals surface area contributed by atoms with Crippen molar-refractivity contribution in [1.82, 2.24) is 15.1 Å². The first-order chi connectivity index (χ1) is 11.1. The molecular weight excluding hydrogens is 314 g/mol. The molecule has 1 unspecified atom stereocenters. The lowest BCUT2D eigenvalue weighted by Gasteiger charge is -2.22. The third kappa shape index (κ3) is 2.70. The monoisotopic (exact) mass is 331 g/mol. The Balaban J connectivity index is 1.83. The first-order valence-corrected chi connectivity index (χ1v) is 8.33. The summed E-state index contributed by atoms with van der Waals surface area (Å²) in [6.45, 7) is 2.73. The van der Waals surface area contributed by atoms with Gasteiger partial charge in [-0.05, 0) is 37.5 Å². The molecule has 0 radical (unpaired) electrons. The quantitative estimate of drug-likeness (QED) is 0.937. The molecule has 6 heteroatoms. The molecule has 23 heavy (non-hydrogen) atoms. The van der Waals surface area contributed by atoms with Crippen LogP contribution in [-0.4, -0.2) is 28.3 Å². The number of carbonyl (C=O) groups is 1. The van der Waals surface area contributed by atoms with Gasteiger partial charge < -0.3 is 10.1 Å². The van der Waals surface area contributed by atoms with E-state index in [0.29, 0.717) is 23.2 Å². The number of nitrogens with one attached hydrogen (secondary N) is 1. The van der Waals surface area contributed by atoms with E-state index >= 15 is 0 Å². The fourth-order valence-corrected chi connectivity index (χ4v) is 2.95. The summed E-state index contributed by atoms with van der Waals surface area (Å²) >= 11 is 5.99. The van der Waals surface area contributed by atoms with Crippen LogP contribution in [0, 0.1) is 0 Å². The lowest BCUT2D eigenvalue weighted by atomic mass is 10.0. The second kappa shape index (κ2) is 5.57. The van der Waals surface area contributed by atoms with E-state index in [2.05, 4.69) is 17.3 Å². The van der Waals surface area contributed by atoms with Crippen molar-refractivity contribution >= 4 is 17.5 Å². The molecule has 1 aromatic heterocycles. The molecule has 4 rings (SSSR count). The summed E-state index contributed by atoms with van der Waals surface area (Å²) in [5.74, 6) is 0.544. The van der Waals surface area contributed by atoms with Crippen molar-refractivity contribution < 1.29 is 9.53 Å². The van der Waals surface area contributed by atoms with Crippen molar-refractivity contribution in [2.24, 2.45) is 0 Å². The molecule has 1 aliphatic heterocycles. The Bertz CT molecular complexity index is 750. The van der Waals surface area contributed by atoms with Crippen molar-refractivity contribution in [3.63, 3.8) is 0 Å². The van der Waals surface area contributed by atoms with Crippen LogP contribution >= 0.6 is 11.6 Å². The van der Waals surface area contributed by atoms with Gasteiger partial charge in [-0.2, -0.15) is 5.10 Å².